The molecular weight excluding hydrogens is 1040 g/mol. The van der Waals surface area contributed by atoms with Crippen LogP contribution in [0.2, 0.25) is 0 Å². The van der Waals surface area contributed by atoms with Crippen LogP contribution in [-0.2, 0) is 27.2 Å². The summed E-state index contributed by atoms with van der Waals surface area (Å²) < 4.78 is 17.1. The quantitative estimate of drug-likeness (QED) is 0.0531. The second-order valence-electron chi connectivity index (χ2n) is 24.2. The van der Waals surface area contributed by atoms with Gasteiger partial charge in [-0.1, -0.05) is 49.6 Å². The molecule has 2 amide bonds. The van der Waals surface area contributed by atoms with Gasteiger partial charge in [0.15, 0.2) is 0 Å². The van der Waals surface area contributed by atoms with Crippen LogP contribution in [0.4, 0.5) is 46.0 Å². The zero-order valence-electron chi connectivity index (χ0n) is 47.8. The molecule has 18 heteroatoms. The van der Waals surface area contributed by atoms with E-state index < -0.39 is 0 Å². The molecular formula is C65H70N14O4. The third-order valence-corrected chi connectivity index (χ3v) is 18.9. The summed E-state index contributed by atoms with van der Waals surface area (Å²) >= 11 is 0. The standard InChI is InChI=1S/C65H70N14O4/c1-8-60(80)68-50-23-52(72-62-66-20-18-48(70-62)46-37-78(64-27-39(28-64)29-64)54-16-12-10-14-44(46)54)58(82-6)25-56(50)76-21-19-42(34-76)75(5)33-41-22-49(47-38-79(65-30-40(31-65)32-65)55-17-13-11-15-45(47)55)71-63(67-41)73-53-24-51(69-61(81)9-2)57(26-59(53)83-7)77-35-43(36-77)74(3)4/h8-18,20,22-26,37-40,42-43H,1-2,19,21,27-36H2,3-7H3,(H,68,80)(H,69,81)(H,66,70,72)(H,67,71,73)/t39?,40?,42-,64?,65?/m1/s1. The van der Waals surface area contributed by atoms with E-state index in [4.69, 9.17) is 24.4 Å². The van der Waals surface area contributed by atoms with Crippen molar-refractivity contribution in [2.75, 3.05) is 92.6 Å². The van der Waals surface area contributed by atoms with Gasteiger partial charge in [0, 0.05) is 120 Å². The fraction of sp³-hybridized carbons (Fsp3) is 0.354. The average Bonchev–Trinajstić information content (AvgIpc) is 1.83. The summed E-state index contributed by atoms with van der Waals surface area (Å²) in [4.78, 5) is 55.4. The Morgan fingerprint density at radius 2 is 1.16 bits per heavy atom. The molecule has 2 saturated heterocycles. The molecule has 4 aromatic carbocycles. The first kappa shape index (κ1) is 52.3. The Balaban J connectivity index is 0.756. The molecule has 1 atom stereocenters. The number of likely N-dealkylation sites (N-methyl/N-ethyl adjacent to an activating group) is 2. The SMILES string of the molecule is C=CC(=O)Nc1cc(Nc2nc(CN(C)[C@@H]3CCN(c4cc(OC)c(Nc5nccc(-c6cn(C78CC(C7)C8)c7ccccc67)n5)cc4NC(=O)C=C)C3)cc(-c3cn(C45CC(C4)C5)c4ccccc34)n2)c(OC)cc1N1CC(N(C)C)C1. The van der Waals surface area contributed by atoms with Crippen molar-refractivity contribution in [3.8, 4) is 34.0 Å². The molecule has 8 fully saturated rings. The third-order valence-electron chi connectivity index (χ3n) is 18.9. The minimum Gasteiger partial charge on any atom is -0.494 e. The van der Waals surface area contributed by atoms with Gasteiger partial charge in [-0.25, -0.2) is 19.9 Å². The van der Waals surface area contributed by atoms with E-state index in [9.17, 15) is 9.59 Å². The van der Waals surface area contributed by atoms with Gasteiger partial charge in [0.1, 0.15) is 11.5 Å². The fourth-order valence-corrected chi connectivity index (χ4v) is 14.0. The lowest BCUT2D eigenvalue weighted by Gasteiger charge is -2.62. The lowest BCUT2D eigenvalue weighted by molar-refractivity contribution is -0.112. The summed E-state index contributed by atoms with van der Waals surface area (Å²) in [6.45, 7) is 11.0. The van der Waals surface area contributed by atoms with Crippen molar-refractivity contribution in [3.63, 3.8) is 0 Å². The Morgan fingerprint density at radius 3 is 1.69 bits per heavy atom. The molecule has 2 aliphatic heterocycles. The van der Waals surface area contributed by atoms with E-state index >= 15 is 0 Å². The number of amides is 2. The van der Waals surface area contributed by atoms with Crippen LogP contribution < -0.4 is 40.5 Å². The number of hydrogen-bond donors (Lipinski definition) is 4. The maximum absolute atomic E-state index is 13.2. The van der Waals surface area contributed by atoms with Gasteiger partial charge in [0.25, 0.3) is 0 Å². The topological polar surface area (TPSA) is 175 Å². The van der Waals surface area contributed by atoms with E-state index in [2.05, 4.69) is 156 Å². The van der Waals surface area contributed by atoms with Crippen LogP contribution in [0.25, 0.3) is 44.3 Å². The highest BCUT2D eigenvalue weighted by Crippen LogP contribution is 2.64. The van der Waals surface area contributed by atoms with E-state index in [1.807, 2.05) is 30.3 Å². The number of carbonyl (C=O) groups excluding carboxylic acids is 2. The largest absolute Gasteiger partial charge is 0.494 e. The number of hydrogen-bond acceptors (Lipinski definition) is 14. The van der Waals surface area contributed by atoms with Crippen molar-refractivity contribution in [1.82, 2.24) is 38.9 Å². The highest BCUT2D eigenvalue weighted by atomic mass is 16.5. The van der Waals surface area contributed by atoms with Gasteiger partial charge in [0.2, 0.25) is 23.7 Å². The smallest absolute Gasteiger partial charge is 0.247 e. The number of nitrogens with zero attached hydrogens (tertiary/aromatic N) is 10. The summed E-state index contributed by atoms with van der Waals surface area (Å²) in [6, 6.07) is 29.5. The van der Waals surface area contributed by atoms with E-state index in [0.717, 1.165) is 82.9 Å². The number of aromatic nitrogens is 6. The van der Waals surface area contributed by atoms with Crippen LogP contribution in [0, 0.1) is 11.8 Å². The van der Waals surface area contributed by atoms with Crippen molar-refractivity contribution >= 4 is 79.6 Å². The number of nitrogens with one attached hydrogen (secondary N) is 4. The number of para-hydroxylation sites is 2. The maximum Gasteiger partial charge on any atom is 0.247 e. The molecule has 6 heterocycles. The Hall–Kier alpha value is -8.74. The molecule has 4 N–H and O–H groups in total. The Bertz CT molecular complexity index is 3900. The van der Waals surface area contributed by atoms with Gasteiger partial charge in [-0.3, -0.25) is 14.5 Å². The molecule has 4 bridgehead atoms. The van der Waals surface area contributed by atoms with Crippen molar-refractivity contribution < 1.29 is 19.1 Å². The summed E-state index contributed by atoms with van der Waals surface area (Å²) in [5.41, 5.74) is 11.5. The van der Waals surface area contributed by atoms with Gasteiger partial charge >= 0.3 is 0 Å². The number of fused-ring (bicyclic) bond motifs is 2. The Kier molecular flexibility index (Phi) is 12.8. The average molecular weight is 1110 g/mol. The predicted octanol–water partition coefficient (Wildman–Crippen LogP) is 10.7. The van der Waals surface area contributed by atoms with E-state index in [1.165, 1.54) is 67.1 Å². The number of anilines is 8. The van der Waals surface area contributed by atoms with Crippen LogP contribution in [0.5, 0.6) is 11.5 Å². The molecule has 0 radical (unpaired) electrons. The van der Waals surface area contributed by atoms with Crippen molar-refractivity contribution in [2.45, 2.75) is 74.7 Å². The highest BCUT2D eigenvalue weighted by Gasteiger charge is 2.59. The summed E-state index contributed by atoms with van der Waals surface area (Å²) in [6.07, 6.45) is 17.1. The Morgan fingerprint density at radius 1 is 0.639 bits per heavy atom. The highest BCUT2D eigenvalue weighted by molar-refractivity contribution is 6.04. The lowest BCUT2D eigenvalue weighted by atomic mass is 9.49. The van der Waals surface area contributed by atoms with E-state index in [1.54, 1.807) is 20.4 Å². The van der Waals surface area contributed by atoms with Crippen molar-refractivity contribution in [1.29, 1.82) is 0 Å². The molecule has 8 aromatic rings. The molecule has 424 valence electrons. The Labute approximate surface area is 483 Å². The number of methoxy groups -OCH3 is 2. The van der Waals surface area contributed by atoms with Gasteiger partial charge in [-0.05, 0) is 126 Å². The number of carbonyl (C=O) groups is 2. The van der Waals surface area contributed by atoms with Crippen LogP contribution >= 0.6 is 0 Å². The number of ether oxygens (including phenoxy) is 2. The third kappa shape index (κ3) is 9.09. The van der Waals surface area contributed by atoms with Gasteiger partial charge in [0.05, 0.1) is 65.4 Å². The first-order valence-electron chi connectivity index (χ1n) is 28.9. The van der Waals surface area contributed by atoms with Crippen molar-refractivity contribution in [3.05, 3.63) is 135 Å². The van der Waals surface area contributed by atoms with Crippen LogP contribution in [-0.4, -0.2) is 124 Å². The van der Waals surface area contributed by atoms with Crippen LogP contribution in [0.15, 0.2) is 129 Å². The molecule has 0 spiro atoms. The number of benzene rings is 4. The summed E-state index contributed by atoms with van der Waals surface area (Å²) in [5, 5.41) is 15.5. The zero-order valence-corrected chi connectivity index (χ0v) is 47.8. The fourth-order valence-electron chi connectivity index (χ4n) is 14.0. The maximum atomic E-state index is 13.2. The monoisotopic (exact) mass is 1110 g/mol. The van der Waals surface area contributed by atoms with Crippen molar-refractivity contribution in [2.24, 2.45) is 11.8 Å². The number of rotatable bonds is 20. The van der Waals surface area contributed by atoms with Gasteiger partial charge < -0.3 is 54.6 Å². The first-order chi connectivity index (χ1) is 40.3. The molecule has 0 unspecified atom stereocenters. The normalized spacial score (nSPS) is 22.1. The molecule has 83 heavy (non-hydrogen) atoms. The second-order valence-corrected chi connectivity index (χ2v) is 24.2. The minimum atomic E-state index is -0.328. The first-order valence-corrected chi connectivity index (χ1v) is 28.9. The lowest BCUT2D eigenvalue weighted by Crippen LogP contribution is -2.58. The van der Waals surface area contributed by atoms with Gasteiger partial charge in [-0.2, -0.15) is 0 Å². The molecule has 18 nitrogen and oxygen atoms in total. The summed E-state index contributed by atoms with van der Waals surface area (Å²) in [7, 11) is 9.60. The van der Waals surface area contributed by atoms with Crippen LogP contribution in [0.3, 0.4) is 0 Å². The summed E-state index contributed by atoms with van der Waals surface area (Å²) in [5.74, 6) is 3.00. The van der Waals surface area contributed by atoms with Crippen LogP contribution in [0.1, 0.15) is 50.6 Å². The molecule has 6 aliphatic carbocycles. The molecule has 4 aromatic heterocycles. The molecule has 6 saturated carbocycles. The zero-order chi connectivity index (χ0) is 56.9. The predicted molar refractivity (Wildman–Crippen MR) is 329 cm³/mol. The van der Waals surface area contributed by atoms with E-state index in [0.29, 0.717) is 65.3 Å². The van der Waals surface area contributed by atoms with E-state index in [-0.39, 0.29) is 28.9 Å². The minimum absolute atomic E-state index is 0.108. The second kappa shape index (κ2) is 20.3. The van der Waals surface area contributed by atoms with Gasteiger partial charge in [-0.15, -0.1) is 0 Å². The molecule has 8 aliphatic rings. The molecule has 16 rings (SSSR count).